The molecule has 0 heterocycles. The molecule has 1 atom stereocenters. The number of hydrogen-bond acceptors (Lipinski definition) is 2. The smallest absolute Gasteiger partial charge is 0.335 e. The summed E-state index contributed by atoms with van der Waals surface area (Å²) in [6, 6.07) is 14.5. The fourth-order valence-corrected chi connectivity index (χ4v) is 3.88. The van der Waals surface area contributed by atoms with Gasteiger partial charge in [0.25, 0.3) is 0 Å². The van der Waals surface area contributed by atoms with Gasteiger partial charge >= 0.3 is 5.97 Å². The van der Waals surface area contributed by atoms with E-state index >= 15 is 0 Å². The van der Waals surface area contributed by atoms with Crippen LogP contribution in [-0.2, 0) is 10.2 Å². The van der Waals surface area contributed by atoms with E-state index in [1.807, 2.05) is 12.1 Å². The highest BCUT2D eigenvalue weighted by Gasteiger charge is 2.41. The fraction of sp³-hybridized carbons (Fsp3) is 0.318. The molecule has 2 aromatic carbocycles. The predicted molar refractivity (Wildman–Crippen MR) is 98.3 cm³/mol. The third kappa shape index (κ3) is 2.66. The van der Waals surface area contributed by atoms with E-state index < -0.39 is 5.97 Å². The van der Waals surface area contributed by atoms with Crippen molar-refractivity contribution >= 4 is 5.97 Å². The molecule has 0 amide bonds. The van der Waals surface area contributed by atoms with Crippen molar-refractivity contribution in [2.45, 2.75) is 44.9 Å². The summed E-state index contributed by atoms with van der Waals surface area (Å²) in [7, 11) is 0. The second-order valence-electron chi connectivity index (χ2n) is 6.64. The summed E-state index contributed by atoms with van der Waals surface area (Å²) in [6.07, 6.45) is 5.83. The van der Waals surface area contributed by atoms with Crippen LogP contribution in [0.25, 0.3) is 11.1 Å². The maximum absolute atomic E-state index is 11.8. The summed E-state index contributed by atoms with van der Waals surface area (Å²) in [6.45, 7) is 8.01. The van der Waals surface area contributed by atoms with Crippen molar-refractivity contribution in [3.63, 3.8) is 0 Å². The topological polar surface area (TPSA) is 26.3 Å². The molecule has 24 heavy (non-hydrogen) atoms. The standard InChI is InChI=1S/C22H24O2/c1-4-6-9-15-22(3)18-13-8-7-11-16(18)17-12-10-14-19(21(17)22)24-20(23)5-2/h5,7-8,10-14H,2,4,6,9,15H2,1,3H3. The highest BCUT2D eigenvalue weighted by atomic mass is 16.5. The van der Waals surface area contributed by atoms with Crippen LogP contribution in [0, 0.1) is 0 Å². The van der Waals surface area contributed by atoms with Gasteiger partial charge in [0.2, 0.25) is 0 Å². The molecule has 0 spiro atoms. The lowest BCUT2D eigenvalue weighted by atomic mass is 9.75. The maximum atomic E-state index is 11.8. The molecule has 0 aliphatic heterocycles. The summed E-state index contributed by atoms with van der Waals surface area (Å²) in [4.78, 5) is 11.8. The third-order valence-corrected chi connectivity index (χ3v) is 5.05. The van der Waals surface area contributed by atoms with E-state index in [1.165, 1.54) is 35.6 Å². The Bertz CT molecular complexity index is 775. The van der Waals surface area contributed by atoms with Crippen molar-refractivity contribution in [3.05, 3.63) is 66.2 Å². The summed E-state index contributed by atoms with van der Waals surface area (Å²) >= 11 is 0. The first-order valence-corrected chi connectivity index (χ1v) is 8.69. The molecule has 3 rings (SSSR count). The van der Waals surface area contributed by atoms with Crippen LogP contribution in [0.15, 0.2) is 55.1 Å². The Morgan fingerprint density at radius 2 is 1.88 bits per heavy atom. The number of hydrogen-bond donors (Lipinski definition) is 0. The molecule has 0 aromatic heterocycles. The molecule has 0 radical (unpaired) electrons. The number of carbonyl (C=O) groups is 1. The normalized spacial score (nSPS) is 17.9. The average molecular weight is 320 g/mol. The second-order valence-corrected chi connectivity index (χ2v) is 6.64. The van der Waals surface area contributed by atoms with E-state index in [9.17, 15) is 4.79 Å². The van der Waals surface area contributed by atoms with Gasteiger partial charge in [-0.25, -0.2) is 4.79 Å². The molecule has 0 saturated carbocycles. The molecule has 1 aliphatic rings. The third-order valence-electron chi connectivity index (χ3n) is 5.05. The predicted octanol–water partition coefficient (Wildman–Crippen LogP) is 5.64. The van der Waals surface area contributed by atoms with Crippen LogP contribution in [0.1, 0.15) is 50.7 Å². The Balaban J connectivity index is 2.14. The van der Waals surface area contributed by atoms with Crippen LogP contribution in [0.4, 0.5) is 0 Å². The summed E-state index contributed by atoms with van der Waals surface area (Å²) in [5.74, 6) is 0.253. The minimum atomic E-state index is -0.407. The average Bonchev–Trinajstić information content (AvgIpc) is 2.86. The lowest BCUT2D eigenvalue weighted by Gasteiger charge is -2.28. The number of rotatable bonds is 6. The number of carbonyl (C=O) groups excluding carboxylic acids is 1. The van der Waals surface area contributed by atoms with Gasteiger partial charge in [-0.1, -0.05) is 76.1 Å². The van der Waals surface area contributed by atoms with E-state index in [-0.39, 0.29) is 5.41 Å². The van der Waals surface area contributed by atoms with E-state index in [4.69, 9.17) is 4.74 Å². The van der Waals surface area contributed by atoms with Gasteiger partial charge in [0.15, 0.2) is 0 Å². The molecule has 2 nitrogen and oxygen atoms in total. The van der Waals surface area contributed by atoms with Gasteiger partial charge in [-0.15, -0.1) is 0 Å². The highest BCUT2D eigenvalue weighted by Crippen LogP contribution is 2.54. The van der Waals surface area contributed by atoms with Gasteiger partial charge in [-0.05, 0) is 29.2 Å². The minimum absolute atomic E-state index is 0.126. The highest BCUT2D eigenvalue weighted by molar-refractivity contribution is 5.87. The molecule has 0 fully saturated rings. The van der Waals surface area contributed by atoms with E-state index in [0.717, 1.165) is 18.4 Å². The van der Waals surface area contributed by atoms with Gasteiger partial charge in [0.1, 0.15) is 5.75 Å². The first-order chi connectivity index (χ1) is 11.6. The van der Waals surface area contributed by atoms with Crippen molar-refractivity contribution in [3.8, 4) is 16.9 Å². The molecule has 1 aliphatic carbocycles. The Morgan fingerprint density at radius 1 is 1.12 bits per heavy atom. The maximum Gasteiger partial charge on any atom is 0.335 e. The fourth-order valence-electron chi connectivity index (χ4n) is 3.88. The molecule has 0 N–H and O–H groups in total. The zero-order valence-corrected chi connectivity index (χ0v) is 14.5. The number of ether oxygens (including phenoxy) is 1. The van der Waals surface area contributed by atoms with Crippen molar-refractivity contribution < 1.29 is 9.53 Å². The Morgan fingerprint density at radius 3 is 2.62 bits per heavy atom. The molecule has 2 heteroatoms. The molecule has 1 unspecified atom stereocenters. The van der Waals surface area contributed by atoms with Crippen molar-refractivity contribution in [1.29, 1.82) is 0 Å². The van der Waals surface area contributed by atoms with E-state index in [0.29, 0.717) is 5.75 Å². The summed E-state index contributed by atoms with van der Waals surface area (Å²) < 4.78 is 5.58. The van der Waals surface area contributed by atoms with Crippen LogP contribution < -0.4 is 4.74 Å². The lowest BCUT2D eigenvalue weighted by Crippen LogP contribution is -2.22. The SMILES string of the molecule is C=CC(=O)Oc1cccc2c1C(C)(CCCCC)c1ccccc1-2. The Hall–Kier alpha value is -2.35. The first kappa shape index (κ1) is 16.5. The monoisotopic (exact) mass is 320 g/mol. The van der Waals surface area contributed by atoms with Crippen LogP contribution in [0.5, 0.6) is 5.75 Å². The zero-order chi connectivity index (χ0) is 17.2. The number of fused-ring (bicyclic) bond motifs is 3. The van der Waals surface area contributed by atoms with E-state index in [2.05, 4.69) is 50.8 Å². The van der Waals surface area contributed by atoms with Gasteiger partial charge in [-0.2, -0.15) is 0 Å². The van der Waals surface area contributed by atoms with E-state index in [1.54, 1.807) is 0 Å². The van der Waals surface area contributed by atoms with Crippen LogP contribution in [0.2, 0.25) is 0 Å². The Kier molecular flexibility index (Phi) is 4.57. The van der Waals surface area contributed by atoms with Gasteiger partial charge in [0.05, 0.1) is 0 Å². The molecular weight excluding hydrogens is 296 g/mol. The molecule has 0 bridgehead atoms. The Labute approximate surface area is 144 Å². The van der Waals surface area contributed by atoms with Crippen molar-refractivity contribution in [2.75, 3.05) is 0 Å². The van der Waals surface area contributed by atoms with Gasteiger partial charge < -0.3 is 4.74 Å². The largest absolute Gasteiger partial charge is 0.423 e. The van der Waals surface area contributed by atoms with Gasteiger partial charge in [0, 0.05) is 17.1 Å². The second kappa shape index (κ2) is 6.64. The zero-order valence-electron chi connectivity index (χ0n) is 14.5. The number of esters is 1. The molecular formula is C22H24O2. The van der Waals surface area contributed by atoms with Crippen LogP contribution >= 0.6 is 0 Å². The van der Waals surface area contributed by atoms with Crippen molar-refractivity contribution in [2.24, 2.45) is 0 Å². The number of benzene rings is 2. The molecule has 124 valence electrons. The van der Waals surface area contributed by atoms with Crippen LogP contribution in [0.3, 0.4) is 0 Å². The minimum Gasteiger partial charge on any atom is -0.423 e. The van der Waals surface area contributed by atoms with Crippen molar-refractivity contribution in [1.82, 2.24) is 0 Å². The number of unbranched alkanes of at least 4 members (excludes halogenated alkanes) is 2. The quantitative estimate of drug-likeness (QED) is 0.298. The van der Waals surface area contributed by atoms with Crippen LogP contribution in [-0.4, -0.2) is 5.97 Å². The molecule has 0 saturated heterocycles. The summed E-state index contributed by atoms with van der Waals surface area (Å²) in [5.41, 5.74) is 4.77. The summed E-state index contributed by atoms with van der Waals surface area (Å²) in [5, 5.41) is 0. The lowest BCUT2D eigenvalue weighted by molar-refractivity contribution is -0.129. The van der Waals surface area contributed by atoms with Gasteiger partial charge in [-0.3, -0.25) is 0 Å². The molecule has 2 aromatic rings. The first-order valence-electron chi connectivity index (χ1n) is 8.69.